The number of hydrogen-bond acceptors (Lipinski definition) is 4. The fourth-order valence-corrected chi connectivity index (χ4v) is 4.51. The lowest BCUT2D eigenvalue weighted by atomic mass is 10.00. The van der Waals surface area contributed by atoms with E-state index in [1.807, 2.05) is 48.8 Å². The van der Waals surface area contributed by atoms with E-state index in [0.29, 0.717) is 10.7 Å². The first-order chi connectivity index (χ1) is 15.7. The summed E-state index contributed by atoms with van der Waals surface area (Å²) < 4.78 is 7.62. The Morgan fingerprint density at radius 3 is 2.47 bits per heavy atom. The van der Waals surface area contributed by atoms with Crippen LogP contribution in [0, 0.1) is 11.3 Å². The summed E-state index contributed by atoms with van der Waals surface area (Å²) in [6.07, 6.45) is 3.69. The molecule has 2 aromatic carbocycles. The van der Waals surface area contributed by atoms with Crippen molar-refractivity contribution in [2.75, 3.05) is 32.8 Å². The van der Waals surface area contributed by atoms with Crippen LogP contribution in [0.4, 0.5) is 0 Å². The summed E-state index contributed by atoms with van der Waals surface area (Å²) in [5, 5.41) is 11.9. The average Bonchev–Trinajstić information content (AvgIpc) is 3.17. The SMILES string of the molecule is N#Cc1c(-c2cncc(-c3ccc(Cl)cc3)c2)c2ccccc2n1CCN1CCOCC1. The third kappa shape index (κ3) is 4.01. The van der Waals surface area contributed by atoms with Crippen LogP contribution in [0.15, 0.2) is 67.0 Å². The van der Waals surface area contributed by atoms with Gasteiger partial charge in [-0.25, -0.2) is 0 Å². The van der Waals surface area contributed by atoms with Crippen molar-refractivity contribution in [3.05, 3.63) is 77.7 Å². The minimum atomic E-state index is 0.675. The highest BCUT2D eigenvalue weighted by molar-refractivity contribution is 6.30. The Kier molecular flexibility index (Phi) is 5.91. The van der Waals surface area contributed by atoms with E-state index in [1.165, 1.54) is 0 Å². The molecule has 0 radical (unpaired) electrons. The van der Waals surface area contributed by atoms with Crippen LogP contribution >= 0.6 is 11.6 Å². The number of halogens is 1. The first-order valence-electron chi connectivity index (χ1n) is 10.8. The summed E-state index contributed by atoms with van der Waals surface area (Å²) in [7, 11) is 0. The topological polar surface area (TPSA) is 54.1 Å². The molecule has 32 heavy (non-hydrogen) atoms. The first-order valence-corrected chi connectivity index (χ1v) is 11.1. The maximum atomic E-state index is 10.2. The van der Waals surface area contributed by atoms with Gasteiger partial charge in [0.15, 0.2) is 0 Å². The molecule has 0 saturated carbocycles. The van der Waals surface area contributed by atoms with Gasteiger partial charge >= 0.3 is 0 Å². The van der Waals surface area contributed by atoms with Crippen LogP contribution in [0.5, 0.6) is 0 Å². The van der Waals surface area contributed by atoms with Crippen LogP contribution in [0.25, 0.3) is 33.2 Å². The predicted molar refractivity (Wildman–Crippen MR) is 128 cm³/mol. The van der Waals surface area contributed by atoms with Crippen molar-refractivity contribution in [2.24, 2.45) is 0 Å². The van der Waals surface area contributed by atoms with E-state index in [2.05, 4.69) is 38.7 Å². The quantitative estimate of drug-likeness (QED) is 0.424. The fraction of sp³-hybridized carbons (Fsp3) is 0.231. The molecule has 0 unspecified atom stereocenters. The Morgan fingerprint density at radius 1 is 0.938 bits per heavy atom. The smallest absolute Gasteiger partial charge is 0.129 e. The molecule has 160 valence electrons. The van der Waals surface area contributed by atoms with E-state index in [1.54, 1.807) is 0 Å². The highest BCUT2D eigenvalue weighted by atomic mass is 35.5. The van der Waals surface area contributed by atoms with Crippen LogP contribution in [-0.4, -0.2) is 47.3 Å². The van der Waals surface area contributed by atoms with Gasteiger partial charge in [-0.05, 0) is 29.8 Å². The molecule has 0 N–H and O–H groups in total. The number of para-hydroxylation sites is 1. The van der Waals surface area contributed by atoms with E-state index in [4.69, 9.17) is 16.3 Å². The zero-order valence-electron chi connectivity index (χ0n) is 17.7. The molecule has 5 nitrogen and oxygen atoms in total. The van der Waals surface area contributed by atoms with E-state index in [9.17, 15) is 5.26 Å². The van der Waals surface area contributed by atoms with Gasteiger partial charge in [0.05, 0.1) is 13.2 Å². The van der Waals surface area contributed by atoms with Crippen molar-refractivity contribution in [2.45, 2.75) is 6.54 Å². The monoisotopic (exact) mass is 442 g/mol. The Labute approximate surface area is 192 Å². The Balaban J connectivity index is 1.58. The first kappa shape index (κ1) is 20.7. The van der Waals surface area contributed by atoms with E-state index in [0.717, 1.165) is 72.5 Å². The Bertz CT molecular complexity index is 1280. The van der Waals surface area contributed by atoms with Gasteiger partial charge in [-0.3, -0.25) is 9.88 Å². The summed E-state index contributed by atoms with van der Waals surface area (Å²) in [5.41, 5.74) is 5.66. The number of hydrogen-bond donors (Lipinski definition) is 0. The number of pyridine rings is 1. The Hall–Kier alpha value is -3.17. The van der Waals surface area contributed by atoms with Crippen LogP contribution in [-0.2, 0) is 11.3 Å². The zero-order chi connectivity index (χ0) is 21.9. The van der Waals surface area contributed by atoms with Gasteiger partial charge in [-0.1, -0.05) is 41.9 Å². The predicted octanol–water partition coefficient (Wildman–Crippen LogP) is 5.23. The zero-order valence-corrected chi connectivity index (χ0v) is 18.4. The number of fused-ring (bicyclic) bond motifs is 1. The number of aromatic nitrogens is 2. The number of morpholine rings is 1. The van der Waals surface area contributed by atoms with Gasteiger partial charge in [0, 0.05) is 71.2 Å². The van der Waals surface area contributed by atoms with E-state index in [-0.39, 0.29) is 0 Å². The minimum Gasteiger partial charge on any atom is -0.379 e. The lowest BCUT2D eigenvalue weighted by Crippen LogP contribution is -2.38. The van der Waals surface area contributed by atoms with Crippen molar-refractivity contribution < 1.29 is 4.74 Å². The molecule has 0 spiro atoms. The number of benzene rings is 2. The molecular weight excluding hydrogens is 420 g/mol. The summed E-state index contributed by atoms with van der Waals surface area (Å²) in [5.74, 6) is 0. The van der Waals surface area contributed by atoms with Crippen molar-refractivity contribution in [1.82, 2.24) is 14.5 Å². The van der Waals surface area contributed by atoms with Gasteiger partial charge < -0.3 is 9.30 Å². The lowest BCUT2D eigenvalue weighted by Gasteiger charge is -2.26. The highest BCUT2D eigenvalue weighted by Crippen LogP contribution is 2.36. The summed E-state index contributed by atoms with van der Waals surface area (Å²) in [6, 6.07) is 20.5. The van der Waals surface area contributed by atoms with Gasteiger partial charge in [0.25, 0.3) is 0 Å². The molecule has 1 fully saturated rings. The molecule has 0 bridgehead atoms. The largest absolute Gasteiger partial charge is 0.379 e. The molecule has 5 rings (SSSR count). The second-order valence-corrected chi connectivity index (χ2v) is 8.36. The third-order valence-corrected chi connectivity index (χ3v) is 6.28. The number of rotatable bonds is 5. The molecular formula is C26H23ClN4O. The molecule has 6 heteroatoms. The number of ether oxygens (including phenoxy) is 1. The summed E-state index contributed by atoms with van der Waals surface area (Å²) in [4.78, 5) is 6.89. The van der Waals surface area contributed by atoms with Crippen LogP contribution < -0.4 is 0 Å². The number of nitriles is 1. The fourth-order valence-electron chi connectivity index (χ4n) is 4.39. The van der Waals surface area contributed by atoms with Crippen molar-refractivity contribution in [3.63, 3.8) is 0 Å². The van der Waals surface area contributed by atoms with Crippen LogP contribution in [0.2, 0.25) is 5.02 Å². The maximum absolute atomic E-state index is 10.2. The second kappa shape index (κ2) is 9.13. The van der Waals surface area contributed by atoms with Crippen molar-refractivity contribution >= 4 is 22.5 Å². The molecule has 4 aromatic rings. The molecule has 0 amide bonds. The molecule has 3 heterocycles. The molecule has 1 saturated heterocycles. The molecule has 2 aromatic heterocycles. The van der Waals surface area contributed by atoms with Gasteiger partial charge in [0.2, 0.25) is 0 Å². The highest BCUT2D eigenvalue weighted by Gasteiger charge is 2.20. The van der Waals surface area contributed by atoms with Crippen LogP contribution in [0.3, 0.4) is 0 Å². The average molecular weight is 443 g/mol. The standard InChI is InChI=1S/C26H23ClN4O/c27-22-7-5-19(6-8-22)20-15-21(18-29-17-20)26-23-3-1-2-4-24(23)31(25(26)16-28)10-9-30-11-13-32-14-12-30/h1-8,15,17-18H,9-14H2. The van der Waals surface area contributed by atoms with E-state index < -0.39 is 0 Å². The summed E-state index contributed by atoms with van der Waals surface area (Å²) in [6.45, 7) is 5.05. The Morgan fingerprint density at radius 2 is 1.69 bits per heavy atom. The minimum absolute atomic E-state index is 0.675. The lowest BCUT2D eigenvalue weighted by molar-refractivity contribution is 0.0365. The maximum Gasteiger partial charge on any atom is 0.129 e. The molecule has 0 atom stereocenters. The van der Waals surface area contributed by atoms with Gasteiger partial charge in [-0.15, -0.1) is 0 Å². The van der Waals surface area contributed by atoms with Crippen LogP contribution in [0.1, 0.15) is 5.69 Å². The molecule has 0 aliphatic carbocycles. The number of nitrogens with zero attached hydrogens (tertiary/aromatic N) is 4. The normalized spacial score (nSPS) is 14.5. The summed E-state index contributed by atoms with van der Waals surface area (Å²) >= 11 is 6.05. The van der Waals surface area contributed by atoms with Gasteiger partial charge in [-0.2, -0.15) is 5.26 Å². The van der Waals surface area contributed by atoms with Crippen molar-refractivity contribution in [3.8, 4) is 28.3 Å². The second-order valence-electron chi connectivity index (χ2n) is 7.93. The third-order valence-electron chi connectivity index (χ3n) is 6.02. The van der Waals surface area contributed by atoms with E-state index >= 15 is 0 Å². The molecule has 1 aliphatic heterocycles. The van der Waals surface area contributed by atoms with Gasteiger partial charge in [0.1, 0.15) is 11.8 Å². The molecule has 1 aliphatic rings. The van der Waals surface area contributed by atoms with Crippen molar-refractivity contribution in [1.29, 1.82) is 5.26 Å².